The molecule has 0 spiro atoms. The summed E-state index contributed by atoms with van der Waals surface area (Å²) in [7, 11) is 2.01. The van der Waals surface area contributed by atoms with Gasteiger partial charge in [-0.2, -0.15) is 0 Å². The van der Waals surface area contributed by atoms with Crippen LogP contribution in [-0.2, 0) is 10.8 Å². The third-order valence-corrected chi connectivity index (χ3v) is 4.08. The summed E-state index contributed by atoms with van der Waals surface area (Å²) in [6.07, 6.45) is 1.14. The monoisotopic (exact) mass is 247 g/mol. The van der Waals surface area contributed by atoms with Crippen LogP contribution in [0.3, 0.4) is 0 Å². The maximum Gasteiger partial charge on any atom is 0.123 e. The molecule has 0 unspecified atom stereocenters. The molecule has 1 aliphatic heterocycles. The molecule has 1 aliphatic rings. The van der Waals surface area contributed by atoms with Crippen molar-refractivity contribution in [1.29, 1.82) is 0 Å². The van der Waals surface area contributed by atoms with Gasteiger partial charge in [-0.25, -0.2) is 0 Å². The van der Waals surface area contributed by atoms with Crippen molar-refractivity contribution in [3.63, 3.8) is 0 Å². The average Bonchev–Trinajstić information content (AvgIpc) is 2.63. The highest BCUT2D eigenvalue weighted by Crippen LogP contribution is 2.41. The summed E-state index contributed by atoms with van der Waals surface area (Å²) in [6, 6.07) is 6.70. The van der Waals surface area contributed by atoms with Crippen molar-refractivity contribution >= 4 is 0 Å². The number of fused-ring (bicyclic) bond motifs is 1. The van der Waals surface area contributed by atoms with E-state index in [9.17, 15) is 0 Å². The van der Waals surface area contributed by atoms with Crippen molar-refractivity contribution in [2.75, 3.05) is 20.2 Å². The third-order valence-electron chi connectivity index (χ3n) is 4.08. The van der Waals surface area contributed by atoms with Gasteiger partial charge in [0.15, 0.2) is 0 Å². The van der Waals surface area contributed by atoms with E-state index in [2.05, 4.69) is 51.2 Å². The summed E-state index contributed by atoms with van der Waals surface area (Å²) < 4.78 is 5.75. The zero-order valence-corrected chi connectivity index (χ0v) is 12.3. The van der Waals surface area contributed by atoms with Crippen molar-refractivity contribution in [3.8, 4) is 5.75 Å². The minimum Gasteiger partial charge on any atom is -0.492 e. The van der Waals surface area contributed by atoms with E-state index >= 15 is 0 Å². The van der Waals surface area contributed by atoms with Gasteiger partial charge in [0, 0.05) is 11.0 Å². The molecule has 2 rings (SSSR count). The standard InChI is InChI=1S/C16H25NO/c1-15(2,8-9-17-5)12-6-7-14-13(10-12)16(3,4)11-18-14/h6-7,10,17H,8-9,11H2,1-5H3. The molecule has 0 fully saturated rings. The Balaban J connectivity index is 2.31. The molecule has 0 amide bonds. The van der Waals surface area contributed by atoms with Gasteiger partial charge in [-0.15, -0.1) is 0 Å². The average molecular weight is 247 g/mol. The van der Waals surface area contributed by atoms with E-state index in [0.29, 0.717) is 0 Å². The fourth-order valence-corrected chi connectivity index (χ4v) is 2.52. The van der Waals surface area contributed by atoms with Gasteiger partial charge in [0.1, 0.15) is 5.75 Å². The van der Waals surface area contributed by atoms with Crippen molar-refractivity contribution in [3.05, 3.63) is 29.3 Å². The molecule has 1 aromatic carbocycles. The predicted octanol–water partition coefficient (Wildman–Crippen LogP) is 3.24. The molecule has 0 bridgehead atoms. The second kappa shape index (κ2) is 4.58. The molecule has 1 heterocycles. The first kappa shape index (κ1) is 13.4. The van der Waals surface area contributed by atoms with Crippen LogP contribution in [0.4, 0.5) is 0 Å². The Bertz CT molecular complexity index is 435. The molecule has 0 aliphatic carbocycles. The van der Waals surface area contributed by atoms with Crippen LogP contribution >= 0.6 is 0 Å². The van der Waals surface area contributed by atoms with Crippen LogP contribution < -0.4 is 10.1 Å². The van der Waals surface area contributed by atoms with Crippen LogP contribution in [0.15, 0.2) is 18.2 Å². The van der Waals surface area contributed by atoms with Gasteiger partial charge in [-0.05, 0) is 37.1 Å². The number of ether oxygens (including phenoxy) is 1. The smallest absolute Gasteiger partial charge is 0.123 e. The van der Waals surface area contributed by atoms with E-state index in [-0.39, 0.29) is 10.8 Å². The Morgan fingerprint density at radius 1 is 1.33 bits per heavy atom. The van der Waals surface area contributed by atoms with Crippen molar-refractivity contribution < 1.29 is 4.74 Å². The lowest BCUT2D eigenvalue weighted by atomic mass is 9.78. The maximum atomic E-state index is 5.75. The predicted molar refractivity (Wildman–Crippen MR) is 76.5 cm³/mol. The lowest BCUT2D eigenvalue weighted by Crippen LogP contribution is -2.24. The Kier molecular flexibility index (Phi) is 3.41. The van der Waals surface area contributed by atoms with Gasteiger partial charge < -0.3 is 10.1 Å². The number of benzene rings is 1. The number of hydrogen-bond donors (Lipinski definition) is 1. The summed E-state index contributed by atoms with van der Waals surface area (Å²) in [5.41, 5.74) is 3.12. The van der Waals surface area contributed by atoms with E-state index in [1.807, 2.05) is 7.05 Å². The van der Waals surface area contributed by atoms with Gasteiger partial charge in [-0.1, -0.05) is 39.8 Å². The summed E-state index contributed by atoms with van der Waals surface area (Å²) in [5.74, 6) is 1.06. The highest BCUT2D eigenvalue weighted by Gasteiger charge is 2.33. The van der Waals surface area contributed by atoms with Gasteiger partial charge in [-0.3, -0.25) is 0 Å². The van der Waals surface area contributed by atoms with Crippen LogP contribution in [0.5, 0.6) is 5.75 Å². The minimum atomic E-state index is 0.143. The molecule has 2 heteroatoms. The highest BCUT2D eigenvalue weighted by atomic mass is 16.5. The molecule has 0 radical (unpaired) electrons. The first-order valence-corrected chi connectivity index (χ1v) is 6.79. The molecule has 0 atom stereocenters. The lowest BCUT2D eigenvalue weighted by molar-refractivity contribution is 0.291. The molecular weight excluding hydrogens is 222 g/mol. The highest BCUT2D eigenvalue weighted by molar-refractivity contribution is 5.46. The van der Waals surface area contributed by atoms with Crippen molar-refractivity contribution in [2.45, 2.75) is 44.9 Å². The fraction of sp³-hybridized carbons (Fsp3) is 0.625. The first-order valence-electron chi connectivity index (χ1n) is 6.79. The normalized spacial score (nSPS) is 17.4. The largest absolute Gasteiger partial charge is 0.492 e. The molecule has 0 aromatic heterocycles. The van der Waals surface area contributed by atoms with Gasteiger partial charge in [0.05, 0.1) is 6.61 Å². The molecule has 100 valence electrons. The molecule has 0 saturated carbocycles. The van der Waals surface area contributed by atoms with Gasteiger partial charge >= 0.3 is 0 Å². The van der Waals surface area contributed by atoms with E-state index in [1.165, 1.54) is 11.1 Å². The zero-order valence-electron chi connectivity index (χ0n) is 12.3. The SMILES string of the molecule is CNCCC(C)(C)c1ccc2c(c1)C(C)(C)CO2. The van der Waals surface area contributed by atoms with E-state index in [4.69, 9.17) is 4.74 Å². The second-order valence-corrected chi connectivity index (χ2v) is 6.62. The summed E-state index contributed by atoms with van der Waals surface area (Å²) in [6.45, 7) is 11.0. The molecule has 0 saturated heterocycles. The van der Waals surface area contributed by atoms with E-state index in [0.717, 1.165) is 25.3 Å². The molecular formula is C16H25NO. The molecule has 2 nitrogen and oxygen atoms in total. The van der Waals surface area contributed by atoms with E-state index < -0.39 is 0 Å². The number of hydrogen-bond acceptors (Lipinski definition) is 2. The van der Waals surface area contributed by atoms with Crippen molar-refractivity contribution in [1.82, 2.24) is 5.32 Å². The quantitative estimate of drug-likeness (QED) is 0.882. The van der Waals surface area contributed by atoms with Crippen LogP contribution in [0.1, 0.15) is 45.2 Å². The van der Waals surface area contributed by atoms with Crippen LogP contribution in [0.25, 0.3) is 0 Å². The summed E-state index contributed by atoms with van der Waals surface area (Å²) in [5, 5.41) is 3.24. The minimum absolute atomic E-state index is 0.143. The molecule has 18 heavy (non-hydrogen) atoms. The first-order chi connectivity index (χ1) is 8.37. The fourth-order valence-electron chi connectivity index (χ4n) is 2.52. The summed E-state index contributed by atoms with van der Waals surface area (Å²) in [4.78, 5) is 0. The third kappa shape index (κ3) is 2.39. The lowest BCUT2D eigenvalue weighted by Gasteiger charge is -2.27. The topological polar surface area (TPSA) is 21.3 Å². The zero-order chi connectivity index (χ0) is 13.4. The number of nitrogens with one attached hydrogen (secondary N) is 1. The Hall–Kier alpha value is -1.02. The summed E-state index contributed by atoms with van der Waals surface area (Å²) >= 11 is 0. The van der Waals surface area contributed by atoms with Gasteiger partial charge in [0.25, 0.3) is 0 Å². The Morgan fingerprint density at radius 2 is 2.06 bits per heavy atom. The molecule has 1 N–H and O–H groups in total. The van der Waals surface area contributed by atoms with Crippen LogP contribution in [0, 0.1) is 0 Å². The van der Waals surface area contributed by atoms with Crippen LogP contribution in [-0.4, -0.2) is 20.2 Å². The van der Waals surface area contributed by atoms with Gasteiger partial charge in [0.2, 0.25) is 0 Å². The van der Waals surface area contributed by atoms with Crippen molar-refractivity contribution in [2.24, 2.45) is 0 Å². The number of rotatable bonds is 4. The maximum absolute atomic E-state index is 5.75. The molecule has 1 aromatic rings. The van der Waals surface area contributed by atoms with E-state index in [1.54, 1.807) is 0 Å². The Morgan fingerprint density at radius 3 is 2.72 bits per heavy atom. The second-order valence-electron chi connectivity index (χ2n) is 6.62. The Labute approximate surface area is 111 Å². The van der Waals surface area contributed by atoms with Crippen LogP contribution in [0.2, 0.25) is 0 Å².